The lowest BCUT2D eigenvalue weighted by atomic mass is 10.2. The maximum atomic E-state index is 11.8. The van der Waals surface area contributed by atoms with Gasteiger partial charge in [0.1, 0.15) is 5.75 Å². The number of carbonyl (C=O) groups excluding carboxylic acids is 2. The average molecular weight is 316 g/mol. The molecule has 0 radical (unpaired) electrons. The van der Waals surface area contributed by atoms with Crippen LogP contribution in [0.4, 0.5) is 0 Å². The molecule has 1 fully saturated rings. The van der Waals surface area contributed by atoms with Gasteiger partial charge in [-0.05, 0) is 43.5 Å². The van der Waals surface area contributed by atoms with Gasteiger partial charge >= 0.3 is 0 Å². The lowest BCUT2D eigenvalue weighted by molar-refractivity contribution is -0.130. The third kappa shape index (κ3) is 5.77. The van der Waals surface area contributed by atoms with E-state index < -0.39 is 0 Å². The highest BCUT2D eigenvalue weighted by Crippen LogP contribution is 2.13. The summed E-state index contributed by atoms with van der Waals surface area (Å²) in [6.07, 6.45) is 5.76. The zero-order valence-electron chi connectivity index (χ0n) is 13.6. The van der Waals surface area contributed by atoms with Crippen molar-refractivity contribution in [3.8, 4) is 5.75 Å². The molecule has 1 N–H and O–H groups in total. The molecule has 0 bridgehead atoms. The SMILES string of the molecule is CCOc1ccc(/C=C/C(=O)NCCC(=O)N2CCCC2)cc1. The van der Waals surface area contributed by atoms with E-state index >= 15 is 0 Å². The highest BCUT2D eigenvalue weighted by molar-refractivity contribution is 5.92. The van der Waals surface area contributed by atoms with E-state index in [4.69, 9.17) is 4.74 Å². The topological polar surface area (TPSA) is 58.6 Å². The van der Waals surface area contributed by atoms with Crippen molar-refractivity contribution in [1.82, 2.24) is 10.2 Å². The maximum absolute atomic E-state index is 11.8. The molecule has 5 heteroatoms. The quantitative estimate of drug-likeness (QED) is 0.785. The Morgan fingerprint density at radius 2 is 1.91 bits per heavy atom. The minimum absolute atomic E-state index is 0.123. The predicted molar refractivity (Wildman–Crippen MR) is 90.1 cm³/mol. The minimum atomic E-state index is -0.187. The van der Waals surface area contributed by atoms with Crippen molar-refractivity contribution in [3.05, 3.63) is 35.9 Å². The zero-order valence-corrected chi connectivity index (χ0v) is 13.6. The number of nitrogens with zero attached hydrogens (tertiary/aromatic N) is 1. The van der Waals surface area contributed by atoms with E-state index in [1.807, 2.05) is 36.1 Å². The van der Waals surface area contributed by atoms with E-state index in [1.54, 1.807) is 6.08 Å². The van der Waals surface area contributed by atoms with Crippen LogP contribution in [0.15, 0.2) is 30.3 Å². The number of likely N-dealkylation sites (tertiary alicyclic amines) is 1. The number of amides is 2. The van der Waals surface area contributed by atoms with Crippen molar-refractivity contribution < 1.29 is 14.3 Å². The zero-order chi connectivity index (χ0) is 16.5. The second-order valence-electron chi connectivity index (χ2n) is 5.46. The smallest absolute Gasteiger partial charge is 0.244 e. The van der Waals surface area contributed by atoms with Crippen molar-refractivity contribution in [2.24, 2.45) is 0 Å². The first-order valence-electron chi connectivity index (χ1n) is 8.15. The molecule has 0 spiro atoms. The molecular formula is C18H24N2O3. The van der Waals surface area contributed by atoms with Crippen LogP contribution in [0.2, 0.25) is 0 Å². The molecule has 23 heavy (non-hydrogen) atoms. The first kappa shape index (κ1) is 17.1. The molecule has 2 amide bonds. The van der Waals surface area contributed by atoms with Crippen molar-refractivity contribution in [2.75, 3.05) is 26.2 Å². The normalized spacial score (nSPS) is 14.2. The van der Waals surface area contributed by atoms with Crippen LogP contribution >= 0.6 is 0 Å². The lowest BCUT2D eigenvalue weighted by Crippen LogP contribution is -2.32. The van der Waals surface area contributed by atoms with Gasteiger partial charge in [0.25, 0.3) is 0 Å². The molecule has 0 atom stereocenters. The standard InChI is InChI=1S/C18H24N2O3/c1-2-23-16-8-5-15(6-9-16)7-10-17(21)19-12-11-18(22)20-13-3-4-14-20/h5-10H,2-4,11-14H2,1H3,(H,19,21)/b10-7+. The van der Waals surface area contributed by atoms with Crippen LogP contribution in [0.1, 0.15) is 31.7 Å². The summed E-state index contributed by atoms with van der Waals surface area (Å²) in [5, 5.41) is 2.74. The van der Waals surface area contributed by atoms with Gasteiger partial charge in [0.05, 0.1) is 6.61 Å². The third-order valence-corrected chi connectivity index (χ3v) is 3.72. The van der Waals surface area contributed by atoms with Gasteiger partial charge in [-0.25, -0.2) is 0 Å². The van der Waals surface area contributed by atoms with Gasteiger partial charge in [0.2, 0.25) is 11.8 Å². The van der Waals surface area contributed by atoms with Crippen LogP contribution < -0.4 is 10.1 Å². The Labute approximate surface area is 137 Å². The molecule has 124 valence electrons. The number of carbonyl (C=O) groups is 2. The highest BCUT2D eigenvalue weighted by Gasteiger charge is 2.17. The molecule has 0 aliphatic carbocycles. The van der Waals surface area contributed by atoms with Crippen LogP contribution in [0.5, 0.6) is 5.75 Å². The van der Waals surface area contributed by atoms with Gasteiger partial charge < -0.3 is 15.0 Å². The summed E-state index contributed by atoms with van der Waals surface area (Å²) in [5.74, 6) is 0.751. The fraction of sp³-hybridized carbons (Fsp3) is 0.444. The van der Waals surface area contributed by atoms with Crippen LogP contribution in [0.3, 0.4) is 0 Å². The molecule has 1 aliphatic heterocycles. The fourth-order valence-electron chi connectivity index (χ4n) is 2.49. The monoisotopic (exact) mass is 316 g/mol. The molecule has 5 nitrogen and oxygen atoms in total. The molecule has 0 unspecified atom stereocenters. The Hall–Kier alpha value is -2.30. The van der Waals surface area contributed by atoms with E-state index in [0.717, 1.165) is 37.2 Å². The number of hydrogen-bond acceptors (Lipinski definition) is 3. The van der Waals surface area contributed by atoms with Crippen LogP contribution in [0.25, 0.3) is 6.08 Å². The van der Waals surface area contributed by atoms with Gasteiger partial charge in [0, 0.05) is 32.1 Å². The number of benzene rings is 1. The summed E-state index contributed by atoms with van der Waals surface area (Å²) >= 11 is 0. The van der Waals surface area contributed by atoms with E-state index in [2.05, 4.69) is 5.32 Å². The van der Waals surface area contributed by atoms with E-state index in [-0.39, 0.29) is 11.8 Å². The Kier molecular flexibility index (Phi) is 6.66. The second-order valence-corrected chi connectivity index (χ2v) is 5.46. The highest BCUT2D eigenvalue weighted by atomic mass is 16.5. The lowest BCUT2D eigenvalue weighted by Gasteiger charge is -2.14. The largest absolute Gasteiger partial charge is 0.494 e. The van der Waals surface area contributed by atoms with Crippen LogP contribution in [0, 0.1) is 0 Å². The van der Waals surface area contributed by atoms with Gasteiger partial charge in [-0.15, -0.1) is 0 Å². The second kappa shape index (κ2) is 8.98. The van der Waals surface area contributed by atoms with E-state index in [9.17, 15) is 9.59 Å². The van der Waals surface area contributed by atoms with Crippen molar-refractivity contribution in [1.29, 1.82) is 0 Å². The molecule has 1 aliphatic rings. The predicted octanol–water partition coefficient (Wildman–Crippen LogP) is 2.23. The summed E-state index contributed by atoms with van der Waals surface area (Å²) in [6.45, 7) is 4.65. The Morgan fingerprint density at radius 3 is 2.57 bits per heavy atom. The summed E-state index contributed by atoms with van der Waals surface area (Å²) in [4.78, 5) is 25.4. The molecule has 1 saturated heterocycles. The molecule has 1 aromatic rings. The third-order valence-electron chi connectivity index (χ3n) is 3.72. The van der Waals surface area contributed by atoms with Crippen molar-refractivity contribution >= 4 is 17.9 Å². The molecule has 2 rings (SSSR count). The first-order chi connectivity index (χ1) is 11.2. The Balaban J connectivity index is 1.70. The Bertz CT molecular complexity index is 546. The number of hydrogen-bond donors (Lipinski definition) is 1. The van der Waals surface area contributed by atoms with Gasteiger partial charge in [-0.2, -0.15) is 0 Å². The Morgan fingerprint density at radius 1 is 1.22 bits per heavy atom. The van der Waals surface area contributed by atoms with E-state index in [1.165, 1.54) is 6.08 Å². The average Bonchev–Trinajstić information content (AvgIpc) is 3.09. The maximum Gasteiger partial charge on any atom is 0.244 e. The number of rotatable bonds is 7. The first-order valence-corrected chi connectivity index (χ1v) is 8.15. The summed E-state index contributed by atoms with van der Waals surface area (Å²) < 4.78 is 5.36. The van der Waals surface area contributed by atoms with Crippen LogP contribution in [-0.2, 0) is 9.59 Å². The van der Waals surface area contributed by atoms with Crippen molar-refractivity contribution in [2.45, 2.75) is 26.2 Å². The molecule has 1 aromatic carbocycles. The van der Waals surface area contributed by atoms with Gasteiger partial charge in [-0.3, -0.25) is 9.59 Å². The summed E-state index contributed by atoms with van der Waals surface area (Å²) in [6, 6.07) is 7.53. The summed E-state index contributed by atoms with van der Waals surface area (Å²) in [7, 11) is 0. The number of ether oxygens (including phenoxy) is 1. The van der Waals surface area contributed by atoms with Crippen LogP contribution in [-0.4, -0.2) is 43.0 Å². The van der Waals surface area contributed by atoms with E-state index in [0.29, 0.717) is 19.6 Å². The fourth-order valence-corrected chi connectivity index (χ4v) is 2.49. The van der Waals surface area contributed by atoms with Gasteiger partial charge in [-0.1, -0.05) is 12.1 Å². The molecule has 1 heterocycles. The molecule has 0 saturated carbocycles. The molecule has 0 aromatic heterocycles. The summed E-state index contributed by atoms with van der Waals surface area (Å²) in [5.41, 5.74) is 0.928. The minimum Gasteiger partial charge on any atom is -0.494 e. The number of nitrogens with one attached hydrogen (secondary N) is 1. The van der Waals surface area contributed by atoms with Gasteiger partial charge in [0.15, 0.2) is 0 Å². The van der Waals surface area contributed by atoms with Crippen molar-refractivity contribution in [3.63, 3.8) is 0 Å². The molecular weight excluding hydrogens is 292 g/mol.